The molecule has 0 unspecified atom stereocenters. The number of aromatic nitrogens is 1. The molecular formula is C18H22ClN3O2. The number of rotatable bonds is 9. The van der Waals surface area contributed by atoms with Crippen molar-refractivity contribution in [3.05, 3.63) is 47.6 Å². The molecule has 0 saturated carbocycles. The van der Waals surface area contributed by atoms with Crippen LogP contribution in [-0.2, 0) is 4.79 Å². The largest absolute Gasteiger partial charge is 0.439 e. The molecule has 2 rings (SSSR count). The standard InChI is InChI=1S/C18H22ClN3O2/c19-14-6-11-18(21-13-14)24-16-9-7-15(8-10-16)22-17(23)5-3-1-2-4-12-20/h6-11,13H,1-5,12,20H2,(H,22,23). The molecule has 0 aliphatic carbocycles. The molecule has 1 heterocycles. The lowest BCUT2D eigenvalue weighted by Crippen LogP contribution is -2.11. The molecule has 5 nitrogen and oxygen atoms in total. The number of hydrogen-bond acceptors (Lipinski definition) is 4. The predicted molar refractivity (Wildman–Crippen MR) is 96.5 cm³/mol. The number of carbonyl (C=O) groups excluding carboxylic acids is 1. The van der Waals surface area contributed by atoms with Gasteiger partial charge in [0.15, 0.2) is 0 Å². The summed E-state index contributed by atoms with van der Waals surface area (Å²) in [5.41, 5.74) is 6.19. The van der Waals surface area contributed by atoms with Gasteiger partial charge in [-0.1, -0.05) is 24.4 Å². The Morgan fingerprint density at radius 2 is 1.83 bits per heavy atom. The lowest BCUT2D eigenvalue weighted by atomic mass is 10.1. The van der Waals surface area contributed by atoms with Crippen LogP contribution in [0.15, 0.2) is 42.6 Å². The number of nitrogens with one attached hydrogen (secondary N) is 1. The maximum absolute atomic E-state index is 11.9. The van der Waals surface area contributed by atoms with E-state index in [1.807, 2.05) is 0 Å². The fourth-order valence-electron chi connectivity index (χ4n) is 2.16. The minimum absolute atomic E-state index is 0.0239. The number of carbonyl (C=O) groups is 1. The molecule has 1 aromatic heterocycles. The van der Waals surface area contributed by atoms with E-state index in [9.17, 15) is 4.79 Å². The van der Waals surface area contributed by atoms with Gasteiger partial charge >= 0.3 is 0 Å². The van der Waals surface area contributed by atoms with Gasteiger partial charge in [-0.05, 0) is 49.7 Å². The van der Waals surface area contributed by atoms with Gasteiger partial charge in [0.2, 0.25) is 11.8 Å². The van der Waals surface area contributed by atoms with E-state index >= 15 is 0 Å². The number of nitrogens with zero attached hydrogens (tertiary/aromatic N) is 1. The number of halogens is 1. The van der Waals surface area contributed by atoms with E-state index in [-0.39, 0.29) is 5.91 Å². The summed E-state index contributed by atoms with van der Waals surface area (Å²) < 4.78 is 5.60. The van der Waals surface area contributed by atoms with Crippen molar-refractivity contribution in [2.75, 3.05) is 11.9 Å². The van der Waals surface area contributed by atoms with Gasteiger partial charge in [0.25, 0.3) is 0 Å². The lowest BCUT2D eigenvalue weighted by Gasteiger charge is -2.07. The Kier molecular flexibility index (Phi) is 7.52. The number of amides is 1. The topological polar surface area (TPSA) is 77.2 Å². The lowest BCUT2D eigenvalue weighted by molar-refractivity contribution is -0.116. The van der Waals surface area contributed by atoms with Crippen molar-refractivity contribution in [2.24, 2.45) is 5.73 Å². The van der Waals surface area contributed by atoms with E-state index in [0.29, 0.717) is 29.6 Å². The first kappa shape index (κ1) is 18.2. The van der Waals surface area contributed by atoms with Crippen LogP contribution >= 0.6 is 11.6 Å². The fourth-order valence-corrected chi connectivity index (χ4v) is 2.27. The second-order valence-corrected chi connectivity index (χ2v) is 5.88. The Morgan fingerprint density at radius 3 is 2.50 bits per heavy atom. The van der Waals surface area contributed by atoms with E-state index < -0.39 is 0 Å². The predicted octanol–water partition coefficient (Wildman–Crippen LogP) is 4.38. The quantitative estimate of drug-likeness (QED) is 0.660. The fraction of sp³-hybridized carbons (Fsp3) is 0.333. The van der Waals surface area contributed by atoms with Crippen molar-refractivity contribution < 1.29 is 9.53 Å². The molecule has 1 amide bonds. The second kappa shape index (κ2) is 9.90. The first-order chi connectivity index (χ1) is 11.7. The highest BCUT2D eigenvalue weighted by atomic mass is 35.5. The monoisotopic (exact) mass is 347 g/mol. The third-order valence-electron chi connectivity index (χ3n) is 3.42. The molecule has 0 radical (unpaired) electrons. The van der Waals surface area contributed by atoms with Crippen molar-refractivity contribution in [3.8, 4) is 11.6 Å². The van der Waals surface area contributed by atoms with Gasteiger partial charge in [0, 0.05) is 24.4 Å². The summed E-state index contributed by atoms with van der Waals surface area (Å²) in [7, 11) is 0. The molecular weight excluding hydrogens is 326 g/mol. The van der Waals surface area contributed by atoms with E-state index in [0.717, 1.165) is 31.4 Å². The minimum Gasteiger partial charge on any atom is -0.439 e. The van der Waals surface area contributed by atoms with Gasteiger partial charge in [-0.25, -0.2) is 4.98 Å². The summed E-state index contributed by atoms with van der Waals surface area (Å²) in [6.07, 6.45) is 6.07. The van der Waals surface area contributed by atoms with Gasteiger partial charge in [-0.3, -0.25) is 4.79 Å². The van der Waals surface area contributed by atoms with Crippen molar-refractivity contribution in [2.45, 2.75) is 32.1 Å². The van der Waals surface area contributed by atoms with Crippen LogP contribution in [0.5, 0.6) is 11.6 Å². The molecule has 3 N–H and O–H groups in total. The van der Waals surface area contributed by atoms with E-state index in [2.05, 4.69) is 10.3 Å². The molecule has 0 spiro atoms. The van der Waals surface area contributed by atoms with Gasteiger partial charge in [0.1, 0.15) is 5.75 Å². The van der Waals surface area contributed by atoms with Gasteiger partial charge in [-0.2, -0.15) is 0 Å². The molecule has 0 fully saturated rings. The van der Waals surface area contributed by atoms with Crippen LogP contribution in [-0.4, -0.2) is 17.4 Å². The Bertz CT molecular complexity index is 630. The number of unbranched alkanes of at least 4 members (excludes halogenated alkanes) is 3. The average Bonchev–Trinajstić information content (AvgIpc) is 2.58. The van der Waals surface area contributed by atoms with Crippen LogP contribution in [0.2, 0.25) is 5.02 Å². The van der Waals surface area contributed by atoms with E-state index in [1.54, 1.807) is 36.4 Å². The number of nitrogens with two attached hydrogens (primary N) is 1. The van der Waals surface area contributed by atoms with Crippen LogP contribution in [0.1, 0.15) is 32.1 Å². The molecule has 0 aliphatic heterocycles. The van der Waals surface area contributed by atoms with Crippen LogP contribution in [0.25, 0.3) is 0 Å². The van der Waals surface area contributed by atoms with Gasteiger partial charge in [-0.15, -0.1) is 0 Å². The summed E-state index contributed by atoms with van der Waals surface area (Å²) in [5, 5.41) is 3.44. The van der Waals surface area contributed by atoms with E-state index in [4.69, 9.17) is 22.1 Å². The smallest absolute Gasteiger partial charge is 0.224 e. The highest BCUT2D eigenvalue weighted by Gasteiger charge is 2.03. The van der Waals surface area contributed by atoms with E-state index in [1.165, 1.54) is 6.20 Å². The summed E-state index contributed by atoms with van der Waals surface area (Å²) in [5.74, 6) is 1.13. The van der Waals surface area contributed by atoms with Crippen LogP contribution in [0, 0.1) is 0 Å². The molecule has 0 atom stereocenters. The molecule has 0 saturated heterocycles. The third kappa shape index (κ3) is 6.56. The van der Waals surface area contributed by atoms with Gasteiger partial charge < -0.3 is 15.8 Å². The van der Waals surface area contributed by atoms with Crippen molar-refractivity contribution in [3.63, 3.8) is 0 Å². The normalized spacial score (nSPS) is 10.4. The molecule has 0 aliphatic rings. The minimum atomic E-state index is 0.0239. The summed E-state index contributed by atoms with van der Waals surface area (Å²) in [6, 6.07) is 10.6. The molecule has 0 bridgehead atoms. The first-order valence-electron chi connectivity index (χ1n) is 8.07. The summed E-state index contributed by atoms with van der Waals surface area (Å²) in [4.78, 5) is 15.9. The maximum atomic E-state index is 11.9. The molecule has 6 heteroatoms. The zero-order valence-electron chi connectivity index (χ0n) is 13.5. The van der Waals surface area contributed by atoms with Gasteiger partial charge in [0.05, 0.1) is 5.02 Å². The number of ether oxygens (including phenoxy) is 1. The highest BCUT2D eigenvalue weighted by Crippen LogP contribution is 2.22. The third-order valence-corrected chi connectivity index (χ3v) is 3.64. The summed E-state index contributed by atoms with van der Waals surface area (Å²) >= 11 is 5.78. The van der Waals surface area contributed by atoms with Crippen molar-refractivity contribution in [1.29, 1.82) is 0 Å². The zero-order valence-corrected chi connectivity index (χ0v) is 14.3. The van der Waals surface area contributed by atoms with Crippen LogP contribution < -0.4 is 15.8 Å². The highest BCUT2D eigenvalue weighted by molar-refractivity contribution is 6.30. The number of hydrogen-bond donors (Lipinski definition) is 2. The Hall–Kier alpha value is -2.11. The molecule has 1 aromatic carbocycles. The zero-order chi connectivity index (χ0) is 17.2. The molecule has 128 valence electrons. The number of anilines is 1. The Labute approximate surface area is 147 Å². The maximum Gasteiger partial charge on any atom is 0.224 e. The Morgan fingerprint density at radius 1 is 1.08 bits per heavy atom. The number of benzene rings is 1. The molecule has 24 heavy (non-hydrogen) atoms. The van der Waals surface area contributed by atoms with Crippen LogP contribution in [0.4, 0.5) is 5.69 Å². The van der Waals surface area contributed by atoms with Crippen LogP contribution in [0.3, 0.4) is 0 Å². The first-order valence-corrected chi connectivity index (χ1v) is 8.44. The summed E-state index contributed by atoms with van der Waals surface area (Å²) in [6.45, 7) is 0.714. The van der Waals surface area contributed by atoms with Crippen molar-refractivity contribution in [1.82, 2.24) is 4.98 Å². The molecule has 2 aromatic rings. The number of pyridine rings is 1. The SMILES string of the molecule is NCCCCCCC(=O)Nc1ccc(Oc2ccc(Cl)cn2)cc1. The Balaban J connectivity index is 1.77. The van der Waals surface area contributed by atoms with Crippen molar-refractivity contribution >= 4 is 23.2 Å². The average molecular weight is 348 g/mol. The second-order valence-electron chi connectivity index (χ2n) is 5.44.